The Morgan fingerprint density at radius 2 is 1.78 bits per heavy atom. The van der Waals surface area contributed by atoms with E-state index < -0.39 is 0 Å². The third kappa shape index (κ3) is 5.18. The summed E-state index contributed by atoms with van der Waals surface area (Å²) in [5.74, 6) is 0.0955. The number of H-pyrrole nitrogens is 1. The number of amides is 1. The van der Waals surface area contributed by atoms with Crippen molar-refractivity contribution in [3.8, 4) is 0 Å². The van der Waals surface area contributed by atoms with Gasteiger partial charge in [-0.15, -0.1) is 0 Å². The van der Waals surface area contributed by atoms with E-state index in [4.69, 9.17) is 0 Å². The molecule has 0 fully saturated rings. The highest BCUT2D eigenvalue weighted by Crippen LogP contribution is 2.28. The number of pyridine rings is 2. The van der Waals surface area contributed by atoms with Crippen molar-refractivity contribution < 1.29 is 4.79 Å². The van der Waals surface area contributed by atoms with E-state index in [1.807, 2.05) is 25.7 Å². The molecule has 0 spiro atoms. The Kier molecular flexibility index (Phi) is 7.17. The highest BCUT2D eigenvalue weighted by Gasteiger charge is 2.26. The van der Waals surface area contributed by atoms with Gasteiger partial charge in [0.05, 0.1) is 11.9 Å². The summed E-state index contributed by atoms with van der Waals surface area (Å²) in [4.78, 5) is 35.1. The van der Waals surface area contributed by atoms with Crippen molar-refractivity contribution in [3.63, 3.8) is 0 Å². The van der Waals surface area contributed by atoms with Crippen molar-refractivity contribution >= 4 is 16.8 Å². The number of carbonyl (C=O) groups excluding carboxylic acids is 1. The monoisotopic (exact) mass is 371 g/mol. The van der Waals surface area contributed by atoms with E-state index in [-0.39, 0.29) is 23.3 Å². The second-order valence-electron chi connectivity index (χ2n) is 8.24. The molecule has 27 heavy (non-hydrogen) atoms. The maximum atomic E-state index is 13.2. The molecule has 2 aromatic rings. The zero-order chi connectivity index (χ0) is 20.0. The first-order chi connectivity index (χ1) is 12.8. The van der Waals surface area contributed by atoms with Gasteiger partial charge in [-0.3, -0.25) is 14.6 Å². The minimum Gasteiger partial charge on any atom is -0.342 e. The van der Waals surface area contributed by atoms with Crippen molar-refractivity contribution in [2.75, 3.05) is 13.1 Å². The SMILES string of the molecule is CCCCN(CCCC)C(=O)Cc1c(C(C)(C)C)c(=O)[nH]c2ccncc12. The molecular weight excluding hydrogens is 338 g/mol. The van der Waals surface area contributed by atoms with Gasteiger partial charge < -0.3 is 9.88 Å². The van der Waals surface area contributed by atoms with Crippen LogP contribution in [0.5, 0.6) is 0 Å². The molecule has 2 rings (SSSR count). The van der Waals surface area contributed by atoms with Gasteiger partial charge in [0.1, 0.15) is 0 Å². The van der Waals surface area contributed by atoms with Crippen LogP contribution in [-0.4, -0.2) is 33.9 Å². The van der Waals surface area contributed by atoms with E-state index in [9.17, 15) is 9.59 Å². The number of carbonyl (C=O) groups is 1. The summed E-state index contributed by atoms with van der Waals surface area (Å²) < 4.78 is 0. The Morgan fingerprint density at radius 3 is 2.33 bits per heavy atom. The molecule has 5 heteroatoms. The molecule has 0 atom stereocenters. The van der Waals surface area contributed by atoms with Gasteiger partial charge in [-0.25, -0.2) is 0 Å². The van der Waals surface area contributed by atoms with Crippen molar-refractivity contribution in [3.05, 3.63) is 39.9 Å². The Balaban J connectivity index is 2.49. The van der Waals surface area contributed by atoms with Crippen LogP contribution in [0, 0.1) is 0 Å². The summed E-state index contributed by atoms with van der Waals surface area (Å²) in [6.45, 7) is 11.9. The zero-order valence-corrected chi connectivity index (χ0v) is 17.4. The van der Waals surface area contributed by atoms with Gasteiger partial charge in [-0.2, -0.15) is 0 Å². The molecule has 0 aliphatic rings. The Labute approximate surface area is 162 Å². The Hall–Kier alpha value is -2.17. The summed E-state index contributed by atoms with van der Waals surface area (Å²) in [7, 11) is 0. The lowest BCUT2D eigenvalue weighted by Gasteiger charge is -2.26. The van der Waals surface area contributed by atoms with Crippen LogP contribution in [0.4, 0.5) is 0 Å². The summed E-state index contributed by atoms with van der Waals surface area (Å²) >= 11 is 0. The molecule has 1 amide bonds. The standard InChI is InChI=1S/C22H33N3O2/c1-6-8-12-25(13-9-7-2)19(26)14-16-17-15-23-11-10-18(17)24-21(27)20(16)22(3,4)5/h10-11,15H,6-9,12-14H2,1-5H3,(H,24,27). The van der Waals surface area contributed by atoms with Gasteiger partial charge in [-0.05, 0) is 29.9 Å². The topological polar surface area (TPSA) is 66.1 Å². The molecule has 0 aromatic carbocycles. The van der Waals surface area contributed by atoms with Gasteiger partial charge in [-0.1, -0.05) is 47.5 Å². The molecule has 0 saturated heterocycles. The number of unbranched alkanes of at least 4 members (excludes halogenated alkanes) is 2. The molecule has 1 N–H and O–H groups in total. The summed E-state index contributed by atoms with van der Waals surface area (Å²) in [5, 5.41) is 0.862. The zero-order valence-electron chi connectivity index (χ0n) is 17.4. The van der Waals surface area contributed by atoms with Crippen LogP contribution in [0.25, 0.3) is 10.9 Å². The molecule has 0 unspecified atom stereocenters. The number of rotatable bonds is 8. The van der Waals surface area contributed by atoms with Gasteiger partial charge in [0.2, 0.25) is 5.91 Å². The predicted molar refractivity (Wildman–Crippen MR) is 111 cm³/mol. The molecule has 5 nitrogen and oxygen atoms in total. The van der Waals surface area contributed by atoms with Crippen LogP contribution in [0.2, 0.25) is 0 Å². The maximum absolute atomic E-state index is 13.2. The van der Waals surface area contributed by atoms with E-state index in [2.05, 4.69) is 23.8 Å². The average molecular weight is 372 g/mol. The van der Waals surface area contributed by atoms with Gasteiger partial charge in [0.15, 0.2) is 0 Å². The summed E-state index contributed by atoms with van der Waals surface area (Å²) in [6, 6.07) is 1.79. The number of hydrogen-bond donors (Lipinski definition) is 1. The van der Waals surface area contributed by atoms with Crippen LogP contribution < -0.4 is 5.56 Å². The number of aromatic amines is 1. The number of nitrogens with zero attached hydrogens (tertiary/aromatic N) is 2. The first-order valence-corrected chi connectivity index (χ1v) is 10.1. The summed E-state index contributed by atoms with van der Waals surface area (Å²) in [5.41, 5.74) is 1.77. The molecular formula is C22H33N3O2. The molecule has 0 saturated carbocycles. The molecule has 0 radical (unpaired) electrons. The Bertz CT molecular complexity index is 826. The first kappa shape index (κ1) is 21.1. The smallest absolute Gasteiger partial charge is 0.252 e. The largest absolute Gasteiger partial charge is 0.342 e. The minimum absolute atomic E-state index is 0.0955. The van der Waals surface area contributed by atoms with Crippen molar-refractivity contribution in [2.24, 2.45) is 0 Å². The fraction of sp³-hybridized carbons (Fsp3) is 0.591. The van der Waals surface area contributed by atoms with Crippen molar-refractivity contribution in [2.45, 2.75) is 72.1 Å². The number of nitrogens with one attached hydrogen (secondary N) is 1. The molecule has 0 aliphatic heterocycles. The molecule has 0 aliphatic carbocycles. The van der Waals surface area contributed by atoms with E-state index >= 15 is 0 Å². The second-order valence-corrected chi connectivity index (χ2v) is 8.24. The predicted octanol–water partition coefficient (Wildman–Crippen LogP) is 4.19. The lowest BCUT2D eigenvalue weighted by Crippen LogP contribution is -2.36. The number of fused-ring (bicyclic) bond motifs is 1. The van der Waals surface area contributed by atoms with E-state index in [0.717, 1.165) is 55.2 Å². The number of hydrogen-bond acceptors (Lipinski definition) is 3. The van der Waals surface area contributed by atoms with Crippen LogP contribution in [0.1, 0.15) is 71.4 Å². The van der Waals surface area contributed by atoms with E-state index in [1.54, 1.807) is 18.5 Å². The quantitative estimate of drug-likeness (QED) is 0.756. The molecule has 2 aromatic heterocycles. The van der Waals surface area contributed by atoms with Gasteiger partial charge in [0, 0.05) is 36.4 Å². The molecule has 0 bridgehead atoms. The van der Waals surface area contributed by atoms with Crippen LogP contribution in [-0.2, 0) is 16.6 Å². The number of aromatic nitrogens is 2. The first-order valence-electron chi connectivity index (χ1n) is 10.1. The third-order valence-electron chi connectivity index (χ3n) is 4.92. The lowest BCUT2D eigenvalue weighted by atomic mass is 9.82. The fourth-order valence-corrected chi connectivity index (χ4v) is 3.50. The van der Waals surface area contributed by atoms with Crippen molar-refractivity contribution in [1.29, 1.82) is 0 Å². The maximum Gasteiger partial charge on any atom is 0.252 e. The lowest BCUT2D eigenvalue weighted by molar-refractivity contribution is -0.130. The summed E-state index contributed by atoms with van der Waals surface area (Å²) in [6.07, 6.45) is 7.77. The second kappa shape index (κ2) is 9.16. The fourth-order valence-electron chi connectivity index (χ4n) is 3.50. The van der Waals surface area contributed by atoms with E-state index in [0.29, 0.717) is 5.56 Å². The van der Waals surface area contributed by atoms with Crippen LogP contribution in [0.15, 0.2) is 23.3 Å². The van der Waals surface area contributed by atoms with Gasteiger partial charge in [0.25, 0.3) is 5.56 Å². The molecule has 2 heterocycles. The van der Waals surface area contributed by atoms with Crippen molar-refractivity contribution in [1.82, 2.24) is 14.9 Å². The highest BCUT2D eigenvalue weighted by atomic mass is 16.2. The highest BCUT2D eigenvalue weighted by molar-refractivity contribution is 5.88. The molecule has 148 valence electrons. The third-order valence-corrected chi connectivity index (χ3v) is 4.92. The van der Waals surface area contributed by atoms with Gasteiger partial charge >= 0.3 is 0 Å². The van der Waals surface area contributed by atoms with Crippen LogP contribution >= 0.6 is 0 Å². The normalized spacial score (nSPS) is 11.7. The van der Waals surface area contributed by atoms with Crippen LogP contribution in [0.3, 0.4) is 0 Å². The van der Waals surface area contributed by atoms with E-state index in [1.165, 1.54) is 0 Å². The minimum atomic E-state index is -0.356. The average Bonchev–Trinajstić information content (AvgIpc) is 2.60. The Morgan fingerprint density at radius 1 is 1.15 bits per heavy atom.